The second kappa shape index (κ2) is 15.1. The number of benzene rings is 10. The predicted octanol–water partition coefficient (Wildman–Crippen LogP) is 16.1. The van der Waals surface area contributed by atoms with Crippen LogP contribution in [0.4, 0.5) is 17.1 Å². The molecule has 0 aliphatic heterocycles. The Morgan fingerprint density at radius 1 is 0.283 bits per heavy atom. The van der Waals surface area contributed by atoms with Crippen LogP contribution in [-0.2, 0) is 0 Å². The Morgan fingerprint density at radius 2 is 0.733 bits per heavy atom. The number of hydrogen-bond donors (Lipinski definition) is 0. The van der Waals surface area contributed by atoms with E-state index in [0.717, 1.165) is 28.3 Å². The van der Waals surface area contributed by atoms with Crippen LogP contribution in [0.3, 0.4) is 0 Å². The van der Waals surface area contributed by atoms with Gasteiger partial charge in [-0.25, -0.2) is 0 Å². The minimum absolute atomic E-state index is 1.09. The second-order valence-corrected chi connectivity index (χ2v) is 15.3. The normalized spacial score (nSPS) is 11.3. The van der Waals surface area contributed by atoms with Crippen LogP contribution in [0.25, 0.3) is 82.8 Å². The van der Waals surface area contributed by atoms with E-state index in [9.17, 15) is 0 Å². The van der Waals surface area contributed by atoms with Crippen LogP contribution in [0.2, 0.25) is 0 Å². The smallest absolute Gasteiger partial charge is 0.0541 e. The molecule has 0 fully saturated rings. The first-order chi connectivity index (χ1) is 29.8. The maximum absolute atomic E-state index is 2.38. The molecule has 282 valence electrons. The molecule has 0 bridgehead atoms. The van der Waals surface area contributed by atoms with E-state index in [4.69, 9.17) is 0 Å². The van der Waals surface area contributed by atoms with Gasteiger partial charge in [0.25, 0.3) is 0 Å². The molecule has 0 unspecified atom stereocenters. The summed E-state index contributed by atoms with van der Waals surface area (Å²) in [6.07, 6.45) is 0. The third kappa shape index (κ3) is 6.23. The highest BCUT2D eigenvalue weighted by molar-refractivity contribution is 6.09. The van der Waals surface area contributed by atoms with Gasteiger partial charge in [-0.1, -0.05) is 182 Å². The van der Waals surface area contributed by atoms with Crippen molar-refractivity contribution in [3.05, 3.63) is 243 Å². The molecule has 11 rings (SSSR count). The molecule has 0 atom stereocenters. The molecule has 0 radical (unpaired) electrons. The minimum atomic E-state index is 1.09. The summed E-state index contributed by atoms with van der Waals surface area (Å²) in [6.45, 7) is 0. The first-order valence-electron chi connectivity index (χ1n) is 20.6. The third-order valence-electron chi connectivity index (χ3n) is 11.8. The van der Waals surface area contributed by atoms with Gasteiger partial charge in [-0.3, -0.25) is 0 Å². The standard InChI is InChI=1S/C58H40N2/c1-3-17-42(18-4-1)50-22-9-10-25-55(50)58-51(43-19-5-2-6-20-43)26-15-27-52(58)44-31-33-46(34-32-44)59(49-35-30-41-16-7-8-21-45(41)40-49)47-36-38-48(39-37-47)60-56-28-13-11-23-53(56)54-24-12-14-29-57(54)60/h1-40H. The highest BCUT2D eigenvalue weighted by atomic mass is 15.1. The fourth-order valence-electron chi connectivity index (χ4n) is 9.02. The van der Waals surface area contributed by atoms with Crippen LogP contribution >= 0.6 is 0 Å². The van der Waals surface area contributed by atoms with E-state index in [-0.39, 0.29) is 0 Å². The molecule has 0 aliphatic carbocycles. The molecule has 0 saturated carbocycles. The summed E-state index contributed by atoms with van der Waals surface area (Å²) in [4.78, 5) is 2.37. The molecule has 2 nitrogen and oxygen atoms in total. The lowest BCUT2D eigenvalue weighted by Gasteiger charge is -2.26. The van der Waals surface area contributed by atoms with Crippen LogP contribution in [0.15, 0.2) is 243 Å². The van der Waals surface area contributed by atoms with E-state index in [1.807, 2.05) is 0 Å². The molecule has 10 aromatic carbocycles. The number of para-hydroxylation sites is 2. The average Bonchev–Trinajstić information content (AvgIpc) is 3.67. The van der Waals surface area contributed by atoms with Crippen molar-refractivity contribution in [2.75, 3.05) is 4.90 Å². The summed E-state index contributed by atoms with van der Waals surface area (Å²) in [5, 5.41) is 4.95. The van der Waals surface area contributed by atoms with Crippen molar-refractivity contribution < 1.29 is 0 Å². The maximum atomic E-state index is 2.38. The van der Waals surface area contributed by atoms with Gasteiger partial charge in [0.2, 0.25) is 0 Å². The lowest BCUT2D eigenvalue weighted by molar-refractivity contribution is 1.17. The Morgan fingerprint density at radius 3 is 1.37 bits per heavy atom. The van der Waals surface area contributed by atoms with Crippen molar-refractivity contribution in [1.29, 1.82) is 0 Å². The first kappa shape index (κ1) is 35.2. The molecule has 0 aliphatic rings. The summed E-state index contributed by atoms with van der Waals surface area (Å²) in [6, 6.07) is 87.9. The molecular formula is C58H40N2. The fourth-order valence-corrected chi connectivity index (χ4v) is 9.02. The predicted molar refractivity (Wildman–Crippen MR) is 255 cm³/mol. The number of hydrogen-bond acceptors (Lipinski definition) is 1. The average molecular weight is 765 g/mol. The lowest BCUT2D eigenvalue weighted by atomic mass is 9.84. The second-order valence-electron chi connectivity index (χ2n) is 15.3. The molecule has 0 amide bonds. The number of fused-ring (bicyclic) bond motifs is 4. The van der Waals surface area contributed by atoms with Crippen molar-refractivity contribution in [1.82, 2.24) is 4.57 Å². The zero-order valence-electron chi connectivity index (χ0n) is 33.0. The summed E-state index contributed by atoms with van der Waals surface area (Å²) in [7, 11) is 0. The SMILES string of the molecule is c1ccc(-c2ccccc2-c2c(-c3ccccc3)cccc2-c2ccc(N(c3ccc(-n4c5ccccc5c5ccccc54)cc3)c3ccc4ccccc4c3)cc2)cc1. The summed E-state index contributed by atoms with van der Waals surface area (Å²) >= 11 is 0. The number of nitrogens with zero attached hydrogens (tertiary/aromatic N) is 2. The van der Waals surface area contributed by atoms with E-state index >= 15 is 0 Å². The van der Waals surface area contributed by atoms with E-state index in [2.05, 4.69) is 252 Å². The van der Waals surface area contributed by atoms with Crippen molar-refractivity contribution in [3.63, 3.8) is 0 Å². The van der Waals surface area contributed by atoms with Gasteiger partial charge < -0.3 is 9.47 Å². The molecule has 2 heteroatoms. The van der Waals surface area contributed by atoms with E-state index < -0.39 is 0 Å². The molecule has 1 heterocycles. The van der Waals surface area contributed by atoms with Crippen LogP contribution in [0.1, 0.15) is 0 Å². The quantitative estimate of drug-likeness (QED) is 0.150. The summed E-state index contributed by atoms with van der Waals surface area (Å²) < 4.78 is 2.38. The van der Waals surface area contributed by atoms with Crippen molar-refractivity contribution >= 4 is 49.6 Å². The zero-order valence-corrected chi connectivity index (χ0v) is 33.0. The fraction of sp³-hybridized carbons (Fsp3) is 0. The van der Waals surface area contributed by atoms with E-state index in [1.165, 1.54) is 71.5 Å². The first-order valence-corrected chi connectivity index (χ1v) is 20.6. The van der Waals surface area contributed by atoms with Crippen LogP contribution in [0, 0.1) is 0 Å². The third-order valence-corrected chi connectivity index (χ3v) is 11.8. The van der Waals surface area contributed by atoms with Crippen LogP contribution < -0.4 is 4.90 Å². The van der Waals surface area contributed by atoms with Crippen LogP contribution in [-0.4, -0.2) is 4.57 Å². The molecule has 0 spiro atoms. The topological polar surface area (TPSA) is 8.17 Å². The Balaban J connectivity index is 1.05. The van der Waals surface area contributed by atoms with Crippen LogP contribution in [0.5, 0.6) is 0 Å². The maximum Gasteiger partial charge on any atom is 0.0541 e. The number of rotatable bonds is 8. The monoisotopic (exact) mass is 764 g/mol. The Bertz CT molecular complexity index is 3240. The van der Waals surface area contributed by atoms with Gasteiger partial charge in [-0.15, -0.1) is 0 Å². The Labute approximate surface area is 350 Å². The molecule has 1 aromatic heterocycles. The molecule has 60 heavy (non-hydrogen) atoms. The highest BCUT2D eigenvalue weighted by Crippen LogP contribution is 2.45. The van der Waals surface area contributed by atoms with E-state index in [1.54, 1.807) is 0 Å². The highest BCUT2D eigenvalue weighted by Gasteiger charge is 2.20. The van der Waals surface area contributed by atoms with E-state index in [0.29, 0.717) is 0 Å². The number of aromatic nitrogens is 1. The van der Waals surface area contributed by atoms with Gasteiger partial charge in [-0.2, -0.15) is 0 Å². The largest absolute Gasteiger partial charge is 0.310 e. The molecule has 11 aromatic rings. The van der Waals surface area contributed by atoms with Gasteiger partial charge in [0.15, 0.2) is 0 Å². The lowest BCUT2D eigenvalue weighted by Crippen LogP contribution is -2.10. The summed E-state index contributed by atoms with van der Waals surface area (Å²) in [5.41, 5.74) is 16.4. The Hall–Kier alpha value is -7.94. The zero-order chi connectivity index (χ0) is 39.8. The number of anilines is 3. The van der Waals surface area contributed by atoms with Gasteiger partial charge in [0, 0.05) is 33.5 Å². The van der Waals surface area contributed by atoms with Gasteiger partial charge in [0.1, 0.15) is 0 Å². The minimum Gasteiger partial charge on any atom is -0.310 e. The molecular weight excluding hydrogens is 725 g/mol. The summed E-state index contributed by atoms with van der Waals surface area (Å²) in [5.74, 6) is 0. The molecule has 0 saturated heterocycles. The van der Waals surface area contributed by atoms with Gasteiger partial charge >= 0.3 is 0 Å². The van der Waals surface area contributed by atoms with Gasteiger partial charge in [-0.05, 0) is 116 Å². The van der Waals surface area contributed by atoms with Crippen molar-refractivity contribution in [2.24, 2.45) is 0 Å². The van der Waals surface area contributed by atoms with Crippen molar-refractivity contribution in [3.8, 4) is 50.2 Å². The van der Waals surface area contributed by atoms with Crippen molar-refractivity contribution in [2.45, 2.75) is 0 Å². The molecule has 0 N–H and O–H groups in total. The van der Waals surface area contributed by atoms with Gasteiger partial charge in [0.05, 0.1) is 11.0 Å². The Kier molecular flexibility index (Phi) is 8.87.